The lowest BCUT2D eigenvalue weighted by molar-refractivity contribution is 1.24. The Balaban J connectivity index is 1.93. The second-order valence-electron chi connectivity index (χ2n) is 4.23. The maximum Gasteiger partial charge on any atom is 0.223 e. The molecule has 2 heterocycles. The topological polar surface area (TPSA) is 87.6 Å². The van der Waals surface area contributed by atoms with Crippen molar-refractivity contribution in [1.29, 1.82) is 5.26 Å². The summed E-state index contributed by atoms with van der Waals surface area (Å²) in [6.07, 6.45) is 0.412. The zero-order chi connectivity index (χ0) is 13.9. The van der Waals surface area contributed by atoms with Crippen molar-refractivity contribution >= 4 is 39.0 Å². The number of nitrogen functional groups attached to an aromatic ring is 1. The van der Waals surface area contributed by atoms with E-state index in [1.807, 2.05) is 35.7 Å². The summed E-state index contributed by atoms with van der Waals surface area (Å²) in [5.74, 6) is 0.949. The van der Waals surface area contributed by atoms with E-state index in [4.69, 9.17) is 11.0 Å². The molecule has 0 atom stereocenters. The van der Waals surface area contributed by atoms with Gasteiger partial charge in [0.05, 0.1) is 17.9 Å². The van der Waals surface area contributed by atoms with Gasteiger partial charge in [0.2, 0.25) is 5.95 Å². The van der Waals surface area contributed by atoms with Crippen LogP contribution < -0.4 is 11.1 Å². The fourth-order valence-electron chi connectivity index (χ4n) is 1.90. The van der Waals surface area contributed by atoms with Crippen LogP contribution in [0.15, 0.2) is 35.7 Å². The van der Waals surface area contributed by atoms with Crippen molar-refractivity contribution in [2.75, 3.05) is 11.1 Å². The second-order valence-corrected chi connectivity index (χ2v) is 5.12. The first-order valence-corrected chi connectivity index (χ1v) is 6.88. The molecule has 0 saturated heterocycles. The summed E-state index contributed by atoms with van der Waals surface area (Å²) >= 11 is 1.53. The van der Waals surface area contributed by atoms with Crippen LogP contribution in [0.3, 0.4) is 0 Å². The summed E-state index contributed by atoms with van der Waals surface area (Å²) in [6.45, 7) is 0. The monoisotopic (exact) mass is 281 g/mol. The highest BCUT2D eigenvalue weighted by Crippen LogP contribution is 2.28. The van der Waals surface area contributed by atoms with E-state index in [2.05, 4.69) is 21.4 Å². The van der Waals surface area contributed by atoms with Gasteiger partial charge in [0.25, 0.3) is 0 Å². The minimum atomic E-state index is 0.253. The molecule has 98 valence electrons. The first-order valence-electron chi connectivity index (χ1n) is 6.00. The number of hydrogen-bond donors (Lipinski definition) is 2. The molecule has 0 aliphatic carbocycles. The number of aromatic nitrogens is 2. The minimum absolute atomic E-state index is 0.253. The molecular formula is C14H11N5S. The third-order valence-corrected chi connectivity index (χ3v) is 3.65. The predicted molar refractivity (Wildman–Crippen MR) is 80.9 cm³/mol. The molecule has 0 saturated carbocycles. The lowest BCUT2D eigenvalue weighted by Gasteiger charge is -2.07. The molecule has 0 unspecified atom stereocenters. The van der Waals surface area contributed by atoms with E-state index in [0.29, 0.717) is 12.2 Å². The Kier molecular flexibility index (Phi) is 3.19. The van der Waals surface area contributed by atoms with Crippen molar-refractivity contribution in [2.24, 2.45) is 0 Å². The van der Waals surface area contributed by atoms with Gasteiger partial charge in [-0.05, 0) is 29.1 Å². The van der Waals surface area contributed by atoms with Gasteiger partial charge in [-0.3, -0.25) is 0 Å². The van der Waals surface area contributed by atoms with Crippen molar-refractivity contribution < 1.29 is 0 Å². The van der Waals surface area contributed by atoms with Gasteiger partial charge in [0.15, 0.2) is 0 Å². The molecule has 1 aromatic carbocycles. The minimum Gasteiger partial charge on any atom is -0.368 e. The first-order chi connectivity index (χ1) is 9.76. The van der Waals surface area contributed by atoms with Gasteiger partial charge in [-0.25, -0.2) is 4.98 Å². The zero-order valence-corrected chi connectivity index (χ0v) is 11.3. The molecule has 0 amide bonds. The smallest absolute Gasteiger partial charge is 0.223 e. The van der Waals surface area contributed by atoms with E-state index in [1.54, 1.807) is 0 Å². The molecule has 6 heteroatoms. The number of nitriles is 1. The van der Waals surface area contributed by atoms with Crippen molar-refractivity contribution in [3.63, 3.8) is 0 Å². The number of nitrogens with one attached hydrogen (secondary N) is 1. The first kappa shape index (κ1) is 12.4. The zero-order valence-electron chi connectivity index (χ0n) is 10.5. The molecule has 2 aromatic heterocycles. The quantitative estimate of drug-likeness (QED) is 0.770. The Morgan fingerprint density at radius 1 is 1.20 bits per heavy atom. The fraction of sp³-hybridized carbons (Fsp3) is 0.0714. The maximum absolute atomic E-state index is 8.65. The van der Waals surface area contributed by atoms with E-state index in [9.17, 15) is 0 Å². The highest BCUT2D eigenvalue weighted by atomic mass is 32.1. The largest absolute Gasteiger partial charge is 0.368 e. The number of rotatable bonds is 3. The number of benzene rings is 1. The van der Waals surface area contributed by atoms with E-state index in [-0.39, 0.29) is 5.95 Å². The van der Waals surface area contributed by atoms with Gasteiger partial charge >= 0.3 is 0 Å². The van der Waals surface area contributed by atoms with Crippen molar-refractivity contribution in [2.45, 2.75) is 6.42 Å². The van der Waals surface area contributed by atoms with Crippen molar-refractivity contribution in [3.05, 3.63) is 41.3 Å². The van der Waals surface area contributed by atoms with Gasteiger partial charge in [-0.2, -0.15) is 10.2 Å². The van der Waals surface area contributed by atoms with Gasteiger partial charge in [0, 0.05) is 5.69 Å². The average Bonchev–Trinajstić information content (AvgIpc) is 2.89. The summed E-state index contributed by atoms with van der Waals surface area (Å²) in [5, 5.41) is 14.8. The van der Waals surface area contributed by atoms with Crippen LogP contribution in [0, 0.1) is 11.3 Å². The molecule has 0 fully saturated rings. The van der Waals surface area contributed by atoms with Crippen LogP contribution in [0.4, 0.5) is 17.5 Å². The normalized spacial score (nSPS) is 10.3. The summed E-state index contributed by atoms with van der Waals surface area (Å²) in [6, 6.07) is 11.8. The van der Waals surface area contributed by atoms with Crippen LogP contribution in [0.25, 0.3) is 10.2 Å². The highest BCUT2D eigenvalue weighted by molar-refractivity contribution is 7.16. The maximum atomic E-state index is 8.65. The number of thiophene rings is 1. The van der Waals surface area contributed by atoms with E-state index in [0.717, 1.165) is 21.5 Å². The van der Waals surface area contributed by atoms with Gasteiger partial charge in [-0.15, -0.1) is 11.3 Å². The molecule has 20 heavy (non-hydrogen) atoms. The molecular weight excluding hydrogens is 270 g/mol. The van der Waals surface area contributed by atoms with Crippen LogP contribution in [0.1, 0.15) is 5.56 Å². The number of anilines is 3. The molecule has 0 spiro atoms. The Hall–Kier alpha value is -2.65. The standard InChI is InChI=1S/C14H11N5S/c15-7-5-9-1-3-10(4-2-9)17-12-11-6-8-20-13(11)19-14(16)18-12/h1-4,6,8H,5H2,(H3,16,17,18,19). The molecule has 0 bridgehead atoms. The molecule has 3 rings (SSSR count). The van der Waals surface area contributed by atoms with Crippen molar-refractivity contribution in [1.82, 2.24) is 9.97 Å². The number of nitrogens with two attached hydrogens (primary N) is 1. The third-order valence-electron chi connectivity index (χ3n) is 2.84. The van der Waals surface area contributed by atoms with E-state index < -0.39 is 0 Å². The molecule has 3 N–H and O–H groups in total. The lowest BCUT2D eigenvalue weighted by Crippen LogP contribution is -2.00. The molecule has 5 nitrogen and oxygen atoms in total. The Bertz CT molecular complexity index is 785. The average molecular weight is 281 g/mol. The number of nitrogens with zero attached hydrogens (tertiary/aromatic N) is 3. The number of fused-ring (bicyclic) bond motifs is 1. The Morgan fingerprint density at radius 2 is 2.00 bits per heavy atom. The number of hydrogen-bond acceptors (Lipinski definition) is 6. The van der Waals surface area contributed by atoms with Crippen LogP contribution in [-0.2, 0) is 6.42 Å². The fourth-order valence-corrected chi connectivity index (χ4v) is 2.67. The molecule has 0 radical (unpaired) electrons. The van der Waals surface area contributed by atoms with Crippen LogP contribution in [-0.4, -0.2) is 9.97 Å². The van der Waals surface area contributed by atoms with Gasteiger partial charge in [-0.1, -0.05) is 12.1 Å². The van der Waals surface area contributed by atoms with Gasteiger partial charge in [0.1, 0.15) is 10.6 Å². The third kappa shape index (κ3) is 2.39. The summed E-state index contributed by atoms with van der Waals surface area (Å²) < 4.78 is 0. The van der Waals surface area contributed by atoms with Crippen LogP contribution >= 0.6 is 11.3 Å². The Labute approximate surface area is 119 Å². The SMILES string of the molecule is N#CCc1ccc(Nc2nc(N)nc3sccc23)cc1. The Morgan fingerprint density at radius 3 is 2.75 bits per heavy atom. The predicted octanol–water partition coefficient (Wildman–Crippen LogP) is 3.08. The molecule has 0 aliphatic heterocycles. The van der Waals surface area contributed by atoms with Crippen molar-refractivity contribution in [3.8, 4) is 6.07 Å². The summed E-state index contributed by atoms with van der Waals surface area (Å²) in [4.78, 5) is 9.29. The lowest BCUT2D eigenvalue weighted by atomic mass is 10.1. The summed E-state index contributed by atoms with van der Waals surface area (Å²) in [7, 11) is 0. The van der Waals surface area contributed by atoms with E-state index in [1.165, 1.54) is 11.3 Å². The van der Waals surface area contributed by atoms with Crippen LogP contribution in [0.2, 0.25) is 0 Å². The summed E-state index contributed by atoms with van der Waals surface area (Å²) in [5.41, 5.74) is 7.60. The van der Waals surface area contributed by atoms with Gasteiger partial charge < -0.3 is 11.1 Å². The van der Waals surface area contributed by atoms with Crippen LogP contribution in [0.5, 0.6) is 0 Å². The second kappa shape index (κ2) is 5.15. The van der Waals surface area contributed by atoms with E-state index >= 15 is 0 Å². The highest BCUT2D eigenvalue weighted by Gasteiger charge is 2.07. The molecule has 0 aliphatic rings. The molecule has 3 aromatic rings.